The van der Waals surface area contributed by atoms with Crippen molar-refractivity contribution in [2.24, 2.45) is 5.92 Å². The molecule has 0 unspecified atom stereocenters. The predicted molar refractivity (Wildman–Crippen MR) is 146 cm³/mol. The van der Waals surface area contributed by atoms with Crippen molar-refractivity contribution < 1.29 is 28.6 Å². The highest BCUT2D eigenvalue weighted by molar-refractivity contribution is 5.79. The van der Waals surface area contributed by atoms with Gasteiger partial charge in [-0.05, 0) is 75.1 Å². The minimum absolute atomic E-state index is 0.0300. The van der Waals surface area contributed by atoms with E-state index in [4.69, 9.17) is 14.2 Å². The summed E-state index contributed by atoms with van der Waals surface area (Å²) in [7, 11) is 1.40. The molecule has 0 radical (unpaired) electrons. The number of alkyl carbamates (subject to hydrolysis) is 1. The molecular formula is C31H38N2O6. The van der Waals surface area contributed by atoms with Crippen LogP contribution in [0.15, 0.2) is 48.5 Å². The molecule has 5 rings (SSSR count). The minimum Gasteiger partial charge on any atom is -0.469 e. The van der Waals surface area contributed by atoms with Crippen LogP contribution in [0.3, 0.4) is 0 Å². The van der Waals surface area contributed by atoms with Crippen LogP contribution in [0.1, 0.15) is 69.9 Å². The van der Waals surface area contributed by atoms with Gasteiger partial charge in [0.05, 0.1) is 13.0 Å². The van der Waals surface area contributed by atoms with Gasteiger partial charge in [0.15, 0.2) is 0 Å². The highest BCUT2D eigenvalue weighted by atomic mass is 16.6. The summed E-state index contributed by atoms with van der Waals surface area (Å²) in [5, 5.41) is 2.91. The zero-order valence-electron chi connectivity index (χ0n) is 23.1. The first-order valence-electron chi connectivity index (χ1n) is 13.8. The van der Waals surface area contributed by atoms with Crippen molar-refractivity contribution in [1.82, 2.24) is 10.2 Å². The van der Waals surface area contributed by atoms with E-state index in [0.717, 1.165) is 11.1 Å². The van der Waals surface area contributed by atoms with Gasteiger partial charge < -0.3 is 24.4 Å². The number of carbonyl (C=O) groups excluding carboxylic acids is 3. The van der Waals surface area contributed by atoms with Gasteiger partial charge in [-0.25, -0.2) is 9.59 Å². The number of carbonyl (C=O) groups is 3. The van der Waals surface area contributed by atoms with Gasteiger partial charge >= 0.3 is 18.2 Å². The van der Waals surface area contributed by atoms with Crippen LogP contribution in [0, 0.1) is 5.92 Å². The number of ether oxygens (including phenoxy) is 3. The molecule has 2 fully saturated rings. The molecule has 2 saturated carbocycles. The number of amides is 2. The lowest BCUT2D eigenvalue weighted by Crippen LogP contribution is -2.58. The Morgan fingerprint density at radius 2 is 1.51 bits per heavy atom. The topological polar surface area (TPSA) is 94.2 Å². The van der Waals surface area contributed by atoms with E-state index in [-0.39, 0.29) is 48.6 Å². The van der Waals surface area contributed by atoms with Crippen LogP contribution >= 0.6 is 0 Å². The van der Waals surface area contributed by atoms with Gasteiger partial charge in [-0.2, -0.15) is 0 Å². The average molecular weight is 535 g/mol. The van der Waals surface area contributed by atoms with Gasteiger partial charge in [0, 0.05) is 24.0 Å². The van der Waals surface area contributed by atoms with Crippen molar-refractivity contribution in [1.29, 1.82) is 0 Å². The van der Waals surface area contributed by atoms with Gasteiger partial charge in [-0.1, -0.05) is 48.5 Å². The highest BCUT2D eigenvalue weighted by Gasteiger charge is 2.45. The number of nitrogens with one attached hydrogen (secondary N) is 1. The van der Waals surface area contributed by atoms with Crippen LogP contribution in [-0.4, -0.2) is 60.5 Å². The monoisotopic (exact) mass is 534 g/mol. The SMILES string of the molecule is COC(=O)[C@H]1CC[C@@H](N(C(=O)OCC2c3ccccc3-c3ccccc32)C2CC(NC(=O)OC(C)(C)C)C2)C1. The molecule has 0 saturated heterocycles. The van der Waals surface area contributed by atoms with Crippen molar-refractivity contribution in [3.63, 3.8) is 0 Å². The highest BCUT2D eigenvalue weighted by Crippen LogP contribution is 2.45. The van der Waals surface area contributed by atoms with E-state index in [0.29, 0.717) is 32.1 Å². The summed E-state index contributed by atoms with van der Waals surface area (Å²) in [5.41, 5.74) is 4.10. The first-order chi connectivity index (χ1) is 18.6. The Hall–Kier alpha value is -3.55. The summed E-state index contributed by atoms with van der Waals surface area (Å²) in [6, 6.07) is 16.2. The Labute approximate surface area is 230 Å². The second-order valence-electron chi connectivity index (χ2n) is 11.9. The third-order valence-corrected chi connectivity index (χ3v) is 8.11. The lowest BCUT2D eigenvalue weighted by atomic mass is 9.84. The summed E-state index contributed by atoms with van der Waals surface area (Å²) < 4.78 is 16.4. The molecule has 0 aromatic heterocycles. The Morgan fingerprint density at radius 3 is 2.10 bits per heavy atom. The quantitative estimate of drug-likeness (QED) is 0.381. The van der Waals surface area contributed by atoms with E-state index >= 15 is 0 Å². The fourth-order valence-electron chi connectivity index (χ4n) is 6.26. The zero-order valence-corrected chi connectivity index (χ0v) is 23.1. The van der Waals surface area contributed by atoms with E-state index in [9.17, 15) is 14.4 Å². The van der Waals surface area contributed by atoms with Gasteiger partial charge in [0.25, 0.3) is 0 Å². The number of hydrogen-bond donors (Lipinski definition) is 1. The molecule has 39 heavy (non-hydrogen) atoms. The number of esters is 1. The minimum atomic E-state index is -0.576. The Morgan fingerprint density at radius 1 is 0.897 bits per heavy atom. The molecule has 8 nitrogen and oxygen atoms in total. The molecule has 0 bridgehead atoms. The average Bonchev–Trinajstić information content (AvgIpc) is 3.48. The van der Waals surface area contributed by atoms with Crippen LogP contribution in [0.5, 0.6) is 0 Å². The van der Waals surface area contributed by atoms with Crippen LogP contribution < -0.4 is 5.32 Å². The maximum atomic E-state index is 13.7. The zero-order chi connectivity index (χ0) is 27.7. The first-order valence-corrected chi connectivity index (χ1v) is 13.8. The summed E-state index contributed by atoms with van der Waals surface area (Å²) in [5.74, 6) is -0.486. The maximum absolute atomic E-state index is 13.7. The maximum Gasteiger partial charge on any atom is 0.410 e. The van der Waals surface area contributed by atoms with Crippen molar-refractivity contribution in [2.45, 2.75) is 82.5 Å². The lowest BCUT2D eigenvalue weighted by Gasteiger charge is -2.45. The molecule has 2 atom stereocenters. The second kappa shape index (κ2) is 10.9. The van der Waals surface area contributed by atoms with Crippen LogP contribution in [-0.2, 0) is 19.0 Å². The van der Waals surface area contributed by atoms with Crippen molar-refractivity contribution in [3.8, 4) is 11.1 Å². The largest absolute Gasteiger partial charge is 0.469 e. The van der Waals surface area contributed by atoms with E-state index in [1.54, 1.807) is 0 Å². The van der Waals surface area contributed by atoms with Crippen LogP contribution in [0.4, 0.5) is 9.59 Å². The molecule has 0 spiro atoms. The van der Waals surface area contributed by atoms with Gasteiger partial charge in [0.2, 0.25) is 0 Å². The predicted octanol–water partition coefficient (Wildman–Crippen LogP) is 5.63. The molecule has 8 heteroatoms. The molecule has 2 aromatic carbocycles. The van der Waals surface area contributed by atoms with E-state index in [1.165, 1.54) is 18.2 Å². The summed E-state index contributed by atoms with van der Waals surface area (Å²) in [6.07, 6.45) is 2.35. The molecule has 3 aliphatic rings. The van der Waals surface area contributed by atoms with Crippen LogP contribution in [0.25, 0.3) is 11.1 Å². The second-order valence-corrected chi connectivity index (χ2v) is 11.9. The van der Waals surface area contributed by atoms with Crippen LogP contribution in [0.2, 0.25) is 0 Å². The molecule has 208 valence electrons. The summed E-state index contributed by atoms with van der Waals surface area (Å²) in [6.45, 7) is 5.72. The number of fused-ring (bicyclic) bond motifs is 3. The smallest absolute Gasteiger partial charge is 0.410 e. The van der Waals surface area contributed by atoms with E-state index in [1.807, 2.05) is 49.9 Å². The summed E-state index contributed by atoms with van der Waals surface area (Å²) in [4.78, 5) is 40.0. The molecule has 1 N–H and O–H groups in total. The molecular weight excluding hydrogens is 496 g/mol. The third kappa shape index (κ3) is 5.75. The normalized spacial score (nSPS) is 23.7. The number of benzene rings is 2. The van der Waals surface area contributed by atoms with Gasteiger partial charge in [-0.3, -0.25) is 4.79 Å². The first kappa shape index (κ1) is 27.0. The number of methoxy groups -OCH3 is 1. The van der Waals surface area contributed by atoms with Gasteiger partial charge in [-0.15, -0.1) is 0 Å². The standard InChI is InChI=1S/C31H38N2O6/c1-31(2,3)39-29(35)32-20-16-22(17-20)33(21-14-13-19(15-21)28(34)37-4)30(36)38-18-27-25-11-7-5-9-23(25)24-10-6-8-12-26(24)27/h5-12,19-22,27H,13-18H2,1-4H3,(H,32,35)/t19-,20?,21+,22?/m0/s1. The molecule has 0 heterocycles. The van der Waals surface area contributed by atoms with Crippen molar-refractivity contribution >= 4 is 18.2 Å². The summed E-state index contributed by atoms with van der Waals surface area (Å²) >= 11 is 0. The molecule has 2 aromatic rings. The van der Waals surface area contributed by atoms with E-state index < -0.39 is 11.7 Å². The molecule has 0 aliphatic heterocycles. The number of rotatable bonds is 6. The van der Waals surface area contributed by atoms with Crippen molar-refractivity contribution in [3.05, 3.63) is 59.7 Å². The Kier molecular flexibility index (Phi) is 7.56. The van der Waals surface area contributed by atoms with E-state index in [2.05, 4.69) is 29.6 Å². The Balaban J connectivity index is 1.27. The molecule has 3 aliphatic carbocycles. The number of hydrogen-bond acceptors (Lipinski definition) is 6. The number of nitrogens with zero attached hydrogens (tertiary/aromatic N) is 1. The third-order valence-electron chi connectivity index (χ3n) is 8.11. The van der Waals surface area contributed by atoms with Gasteiger partial charge in [0.1, 0.15) is 12.2 Å². The fraction of sp³-hybridized carbons (Fsp3) is 0.516. The lowest BCUT2D eigenvalue weighted by molar-refractivity contribution is -0.145. The fourth-order valence-corrected chi connectivity index (χ4v) is 6.26. The molecule has 2 amide bonds. The Bertz CT molecular complexity index is 1190. The van der Waals surface area contributed by atoms with Crippen molar-refractivity contribution in [2.75, 3.05) is 13.7 Å².